The largest absolute Gasteiger partial charge is 0.444 e. The zero-order valence-corrected chi connectivity index (χ0v) is 30.8. The number of fused-ring (bicyclic) bond motifs is 2. The summed E-state index contributed by atoms with van der Waals surface area (Å²) in [6.45, 7) is 11.9. The van der Waals surface area contributed by atoms with Crippen LogP contribution in [0.4, 0.5) is 19.7 Å². The van der Waals surface area contributed by atoms with Crippen LogP contribution in [0.2, 0.25) is 0 Å². The molecule has 3 saturated heterocycles. The van der Waals surface area contributed by atoms with Crippen LogP contribution < -0.4 is 4.90 Å². The summed E-state index contributed by atoms with van der Waals surface area (Å²) < 4.78 is 28.2. The van der Waals surface area contributed by atoms with Crippen molar-refractivity contribution in [2.45, 2.75) is 102 Å². The molecule has 0 N–H and O–H groups in total. The lowest BCUT2D eigenvalue weighted by Gasteiger charge is -2.44. The minimum absolute atomic E-state index is 0.0314. The van der Waals surface area contributed by atoms with Crippen molar-refractivity contribution >= 4 is 62.4 Å². The van der Waals surface area contributed by atoms with Crippen LogP contribution in [0.25, 0.3) is 10.9 Å². The summed E-state index contributed by atoms with van der Waals surface area (Å²) in [6.07, 6.45) is 3.00. The van der Waals surface area contributed by atoms with E-state index < -0.39 is 35.2 Å². The number of benzene rings is 1. The number of likely N-dealkylation sites (tertiary alicyclic amines) is 1. The van der Waals surface area contributed by atoms with E-state index >= 15 is 4.39 Å². The molecule has 1 aliphatic carbocycles. The van der Waals surface area contributed by atoms with Crippen molar-refractivity contribution < 1.29 is 28.2 Å². The summed E-state index contributed by atoms with van der Waals surface area (Å²) in [5, 5.41) is 10.1. The summed E-state index contributed by atoms with van der Waals surface area (Å²) in [6, 6.07) is 2.99. The van der Waals surface area contributed by atoms with Gasteiger partial charge >= 0.3 is 12.2 Å². The lowest BCUT2D eigenvalue weighted by molar-refractivity contribution is -0.127. The van der Waals surface area contributed by atoms with Gasteiger partial charge in [0.05, 0.1) is 40.4 Å². The third kappa shape index (κ3) is 7.23. The summed E-state index contributed by atoms with van der Waals surface area (Å²) >= 11 is 4.65. The Balaban J connectivity index is 1.75. The van der Waals surface area contributed by atoms with Crippen LogP contribution in [0.15, 0.2) is 15.6 Å². The van der Waals surface area contributed by atoms with Crippen molar-refractivity contribution in [2.24, 2.45) is 5.92 Å². The van der Waals surface area contributed by atoms with Gasteiger partial charge in [-0.2, -0.15) is 5.26 Å². The van der Waals surface area contributed by atoms with Crippen molar-refractivity contribution in [1.29, 1.82) is 5.26 Å². The zero-order chi connectivity index (χ0) is 35.1. The first-order valence-electron chi connectivity index (χ1n) is 16.1. The van der Waals surface area contributed by atoms with Crippen LogP contribution in [0.1, 0.15) is 78.4 Å². The molecule has 4 heterocycles. The Hall–Kier alpha value is -3.55. The number of anilines is 1. The number of carbonyl (C=O) groups excluding carboxylic acids is 3. The smallest absolute Gasteiger partial charge is 0.415 e. The minimum atomic E-state index is -0.873. The van der Waals surface area contributed by atoms with Crippen LogP contribution in [-0.4, -0.2) is 82.1 Å². The molecule has 1 aromatic heterocycles. The van der Waals surface area contributed by atoms with E-state index in [0.29, 0.717) is 53.2 Å². The fourth-order valence-corrected chi connectivity index (χ4v) is 7.54. The first-order chi connectivity index (χ1) is 22.5. The van der Waals surface area contributed by atoms with Crippen molar-refractivity contribution in [1.82, 2.24) is 14.8 Å². The molecule has 0 spiro atoms. The zero-order valence-electron chi connectivity index (χ0n) is 28.4. The normalized spacial score (nSPS) is 20.2. The predicted molar refractivity (Wildman–Crippen MR) is 185 cm³/mol. The maximum absolute atomic E-state index is 16.3. The Labute approximate surface area is 293 Å². The summed E-state index contributed by atoms with van der Waals surface area (Å²) in [5.41, 5.74) is -0.277. The fourth-order valence-electron chi connectivity index (χ4n) is 6.51. The first-order valence-corrected chi connectivity index (χ1v) is 18.1. The Morgan fingerprint density at radius 1 is 1.21 bits per heavy atom. The summed E-state index contributed by atoms with van der Waals surface area (Å²) in [7, 11) is 0. The molecule has 3 aliphatic heterocycles. The SMILES string of the molecule is CSc1nc2c(F)c(Br)c(CCC#N)cc2c(N(C(=O)OC(C)(C)C)[C@H]2[C@H]3C[C@H]2N(C(=O)OC(C)(C)C)C3)c1C#CCN1CCCC1=O. The number of halogens is 2. The van der Waals surface area contributed by atoms with Crippen LogP contribution >= 0.6 is 27.7 Å². The van der Waals surface area contributed by atoms with Gasteiger partial charge in [-0.25, -0.2) is 19.0 Å². The lowest BCUT2D eigenvalue weighted by atomic mass is 9.78. The molecule has 6 rings (SSSR count). The third-order valence-electron chi connectivity index (χ3n) is 8.54. The van der Waals surface area contributed by atoms with Crippen LogP contribution in [0, 0.1) is 34.9 Å². The number of hydrogen-bond donors (Lipinski definition) is 0. The number of amides is 3. The Morgan fingerprint density at radius 2 is 1.92 bits per heavy atom. The van der Waals surface area contributed by atoms with Crippen molar-refractivity contribution in [3.63, 3.8) is 0 Å². The predicted octanol–water partition coefficient (Wildman–Crippen LogP) is 7.04. The van der Waals surface area contributed by atoms with Gasteiger partial charge < -0.3 is 19.3 Å². The van der Waals surface area contributed by atoms with Gasteiger partial charge in [-0.15, -0.1) is 11.8 Å². The number of ether oxygens (including phenoxy) is 2. The van der Waals surface area contributed by atoms with E-state index in [0.717, 1.165) is 6.42 Å². The molecule has 48 heavy (non-hydrogen) atoms. The summed E-state index contributed by atoms with van der Waals surface area (Å²) in [4.78, 5) is 49.7. The van der Waals surface area contributed by atoms with Gasteiger partial charge in [-0.1, -0.05) is 11.8 Å². The van der Waals surface area contributed by atoms with E-state index in [4.69, 9.17) is 14.5 Å². The van der Waals surface area contributed by atoms with E-state index in [9.17, 15) is 19.6 Å². The van der Waals surface area contributed by atoms with E-state index in [2.05, 4.69) is 33.8 Å². The molecule has 1 saturated carbocycles. The van der Waals surface area contributed by atoms with E-state index in [1.165, 1.54) is 11.8 Å². The van der Waals surface area contributed by atoms with Crippen LogP contribution in [-0.2, 0) is 20.7 Å². The molecule has 2 bridgehead atoms. The number of thioether (sulfide) groups is 1. The minimum Gasteiger partial charge on any atom is -0.444 e. The second kappa shape index (κ2) is 13.8. The number of nitrogens with zero attached hydrogens (tertiary/aromatic N) is 5. The molecule has 3 amide bonds. The molecule has 256 valence electrons. The van der Waals surface area contributed by atoms with Crippen molar-refractivity contribution in [2.75, 3.05) is 30.8 Å². The highest BCUT2D eigenvalue weighted by molar-refractivity contribution is 9.10. The Morgan fingerprint density at radius 3 is 2.52 bits per heavy atom. The number of pyridine rings is 1. The molecule has 10 nitrogen and oxygen atoms in total. The molecule has 3 atom stereocenters. The number of nitriles is 1. The quantitative estimate of drug-likeness (QED) is 0.229. The molecule has 2 aromatic rings. The standard InChI is InChI=1S/C35H41BrFN5O5S/c1-34(2,3)46-32(44)41-19-21-18-24(41)29(21)42(33(45)47-35(4,5)6)30-22(12-9-15-40-16-10-13-25(40)43)31(48-7)39-28-23(30)17-20(11-8-14-38)26(36)27(28)37/h17,21,24,29H,8,10-11,13,15-16,18-19H2,1-7H3/t21-,24+,29-/m0/s1. The Kier molecular flexibility index (Phi) is 10.2. The molecular weight excluding hydrogens is 701 g/mol. The van der Waals surface area contributed by atoms with Gasteiger partial charge in [0.25, 0.3) is 0 Å². The topological polar surface area (TPSA) is 116 Å². The summed E-state index contributed by atoms with van der Waals surface area (Å²) in [5.74, 6) is 5.66. The van der Waals surface area contributed by atoms with Gasteiger partial charge in [0, 0.05) is 37.2 Å². The monoisotopic (exact) mass is 741 g/mol. The van der Waals surface area contributed by atoms with Gasteiger partial charge in [-0.05, 0) is 94.6 Å². The highest BCUT2D eigenvalue weighted by Gasteiger charge is 2.59. The fraction of sp³-hybridized carbons (Fsp3) is 0.571. The van der Waals surface area contributed by atoms with Gasteiger partial charge in [0.2, 0.25) is 5.91 Å². The average molecular weight is 743 g/mol. The average Bonchev–Trinajstić information content (AvgIpc) is 3.71. The molecule has 1 aromatic carbocycles. The van der Waals surface area contributed by atoms with Gasteiger partial charge in [-0.3, -0.25) is 9.69 Å². The molecule has 4 fully saturated rings. The van der Waals surface area contributed by atoms with E-state index in [1.807, 2.05) is 0 Å². The van der Waals surface area contributed by atoms with Crippen molar-refractivity contribution in [3.05, 3.63) is 27.5 Å². The maximum atomic E-state index is 16.3. The van der Waals surface area contributed by atoms with E-state index in [-0.39, 0.29) is 47.2 Å². The van der Waals surface area contributed by atoms with Gasteiger partial charge in [0.1, 0.15) is 21.7 Å². The first kappa shape index (κ1) is 35.7. The highest BCUT2D eigenvalue weighted by atomic mass is 79.9. The molecule has 13 heteroatoms. The number of carbonyl (C=O) groups is 3. The van der Waals surface area contributed by atoms with Crippen LogP contribution in [0.5, 0.6) is 0 Å². The molecule has 0 radical (unpaired) electrons. The molecule has 4 aliphatic rings. The second-order valence-electron chi connectivity index (χ2n) is 14.3. The number of rotatable bonds is 6. The Bertz CT molecular complexity index is 1750. The molecule has 0 unspecified atom stereocenters. The lowest BCUT2D eigenvalue weighted by Crippen LogP contribution is -2.59. The van der Waals surface area contributed by atoms with E-state index in [1.54, 1.807) is 68.6 Å². The number of aromatic nitrogens is 1. The van der Waals surface area contributed by atoms with Crippen LogP contribution in [0.3, 0.4) is 0 Å². The number of hydrogen-bond acceptors (Lipinski definition) is 8. The third-order valence-corrected chi connectivity index (χ3v) is 10.1. The molecular formula is C35H41BrFN5O5S. The number of aryl methyl sites for hydroxylation is 1. The maximum Gasteiger partial charge on any atom is 0.415 e. The highest BCUT2D eigenvalue weighted by Crippen LogP contribution is 2.49. The van der Waals surface area contributed by atoms with Crippen molar-refractivity contribution in [3.8, 4) is 17.9 Å². The van der Waals surface area contributed by atoms with Gasteiger partial charge in [0.15, 0.2) is 5.82 Å². The second-order valence-corrected chi connectivity index (χ2v) is 15.9.